The molecule has 0 bridgehead atoms. The van der Waals surface area contributed by atoms with Crippen molar-refractivity contribution >= 4 is 71.3 Å². The molecule has 9 rings (SSSR count). The van der Waals surface area contributed by atoms with E-state index in [1.165, 1.54) is 38.1 Å². The first-order chi connectivity index (χ1) is 21.8. The Hall–Kier alpha value is -5.86. The third-order valence-electron chi connectivity index (χ3n) is 8.81. The van der Waals surface area contributed by atoms with Gasteiger partial charge in [0.2, 0.25) is 0 Å². The fourth-order valence-corrected chi connectivity index (χ4v) is 6.71. The number of hydrogen-bond donors (Lipinski definition) is 0. The van der Waals surface area contributed by atoms with Gasteiger partial charge in [-0.3, -0.25) is 0 Å². The Kier molecular flexibility index (Phi) is 5.54. The highest BCUT2D eigenvalue weighted by molar-refractivity contribution is 6.17. The Balaban J connectivity index is 1.32. The maximum Gasteiger partial charge on any atom is 0.159 e. The number of hydrogen-bond acceptors (Lipinski definition) is 2. The van der Waals surface area contributed by atoms with Crippen LogP contribution in [0, 0.1) is 0 Å². The second kappa shape index (κ2) is 9.86. The van der Waals surface area contributed by atoms with Gasteiger partial charge in [0.25, 0.3) is 0 Å². The van der Waals surface area contributed by atoms with E-state index in [2.05, 4.69) is 169 Å². The van der Waals surface area contributed by atoms with E-state index in [4.69, 9.17) is 4.42 Å². The predicted molar refractivity (Wildman–Crippen MR) is 186 cm³/mol. The molecule has 9 aromatic rings. The third-order valence-corrected chi connectivity index (χ3v) is 8.81. The van der Waals surface area contributed by atoms with Gasteiger partial charge < -0.3 is 9.32 Å². The molecule has 0 fully saturated rings. The van der Waals surface area contributed by atoms with Crippen molar-refractivity contribution in [3.8, 4) is 11.1 Å². The van der Waals surface area contributed by atoms with Gasteiger partial charge in [0.05, 0.1) is 5.69 Å². The smallest absolute Gasteiger partial charge is 0.159 e. The summed E-state index contributed by atoms with van der Waals surface area (Å²) in [5.41, 5.74) is 7.32. The summed E-state index contributed by atoms with van der Waals surface area (Å²) in [6, 6.07) is 58.5. The first-order valence-corrected chi connectivity index (χ1v) is 15.0. The summed E-state index contributed by atoms with van der Waals surface area (Å²) in [7, 11) is 0. The minimum absolute atomic E-state index is 0.877. The number of nitrogens with zero attached hydrogens (tertiary/aromatic N) is 1. The van der Waals surface area contributed by atoms with E-state index in [0.29, 0.717) is 0 Å². The van der Waals surface area contributed by atoms with Gasteiger partial charge in [-0.15, -0.1) is 0 Å². The van der Waals surface area contributed by atoms with Gasteiger partial charge in [-0.2, -0.15) is 0 Å². The van der Waals surface area contributed by atoms with Crippen molar-refractivity contribution in [3.05, 3.63) is 164 Å². The lowest BCUT2D eigenvalue weighted by Crippen LogP contribution is -2.10. The lowest BCUT2D eigenvalue weighted by molar-refractivity contribution is 0.673. The summed E-state index contributed by atoms with van der Waals surface area (Å²) in [5, 5.41) is 9.51. The van der Waals surface area contributed by atoms with Gasteiger partial charge >= 0.3 is 0 Å². The summed E-state index contributed by atoms with van der Waals surface area (Å²) >= 11 is 0. The zero-order valence-corrected chi connectivity index (χ0v) is 23.9. The van der Waals surface area contributed by atoms with Crippen molar-refractivity contribution in [2.75, 3.05) is 4.90 Å². The van der Waals surface area contributed by atoms with E-state index in [1.807, 2.05) is 0 Å². The molecule has 0 saturated heterocycles. The van der Waals surface area contributed by atoms with Crippen molar-refractivity contribution < 1.29 is 4.42 Å². The number of rotatable bonds is 4. The highest BCUT2D eigenvalue weighted by Crippen LogP contribution is 2.44. The average molecular weight is 562 g/mol. The molecule has 0 saturated carbocycles. The van der Waals surface area contributed by atoms with Crippen molar-refractivity contribution in [1.29, 1.82) is 0 Å². The molecule has 44 heavy (non-hydrogen) atoms. The molecule has 1 aromatic heterocycles. The SMILES string of the molecule is c1ccc(-c2cccc(N(c3ccc4c(ccc5ccccc54)c3)c3cccc4c3oc3c5ccccc5ccc43)c2)cc1. The molecule has 8 aromatic carbocycles. The minimum atomic E-state index is 0.877. The summed E-state index contributed by atoms with van der Waals surface area (Å²) in [6.07, 6.45) is 0. The van der Waals surface area contributed by atoms with E-state index in [1.54, 1.807) is 0 Å². The van der Waals surface area contributed by atoms with Gasteiger partial charge in [-0.1, -0.05) is 127 Å². The third kappa shape index (κ3) is 3.89. The Morgan fingerprint density at radius 2 is 0.932 bits per heavy atom. The largest absolute Gasteiger partial charge is 0.453 e. The van der Waals surface area contributed by atoms with Gasteiger partial charge in [0.15, 0.2) is 5.58 Å². The lowest BCUT2D eigenvalue weighted by Gasteiger charge is -2.26. The van der Waals surface area contributed by atoms with Crippen LogP contribution in [0.25, 0.3) is 65.4 Å². The van der Waals surface area contributed by atoms with E-state index in [-0.39, 0.29) is 0 Å². The molecule has 1 heterocycles. The maximum absolute atomic E-state index is 6.84. The topological polar surface area (TPSA) is 16.4 Å². The van der Waals surface area contributed by atoms with Crippen LogP contribution in [0.3, 0.4) is 0 Å². The zero-order chi connectivity index (χ0) is 29.0. The van der Waals surface area contributed by atoms with Crippen LogP contribution < -0.4 is 4.90 Å². The van der Waals surface area contributed by atoms with Gasteiger partial charge in [0.1, 0.15) is 5.58 Å². The molecule has 0 N–H and O–H groups in total. The van der Waals surface area contributed by atoms with Crippen LogP contribution >= 0.6 is 0 Å². The molecular formula is C42H27NO. The van der Waals surface area contributed by atoms with Gasteiger partial charge in [-0.25, -0.2) is 0 Å². The Bertz CT molecular complexity index is 2510. The highest BCUT2D eigenvalue weighted by Gasteiger charge is 2.21. The van der Waals surface area contributed by atoms with Crippen LogP contribution in [0.2, 0.25) is 0 Å². The molecule has 0 unspecified atom stereocenters. The van der Waals surface area contributed by atoms with Crippen molar-refractivity contribution in [2.45, 2.75) is 0 Å². The second-order valence-electron chi connectivity index (χ2n) is 11.4. The molecule has 0 radical (unpaired) electrons. The molecule has 0 amide bonds. The van der Waals surface area contributed by atoms with E-state index in [9.17, 15) is 0 Å². The summed E-state index contributed by atoms with van der Waals surface area (Å²) in [5.74, 6) is 0. The van der Waals surface area contributed by atoms with Gasteiger partial charge in [-0.05, 0) is 74.5 Å². The van der Waals surface area contributed by atoms with Crippen LogP contribution in [0.15, 0.2) is 168 Å². The van der Waals surface area contributed by atoms with Crippen LogP contribution in [0.1, 0.15) is 0 Å². The Morgan fingerprint density at radius 1 is 0.341 bits per heavy atom. The molecule has 0 aliphatic rings. The summed E-state index contributed by atoms with van der Waals surface area (Å²) in [6.45, 7) is 0. The van der Waals surface area contributed by atoms with Gasteiger partial charge in [0, 0.05) is 27.5 Å². The minimum Gasteiger partial charge on any atom is -0.453 e. The number of para-hydroxylation sites is 1. The van der Waals surface area contributed by atoms with Crippen LogP contribution in [-0.4, -0.2) is 0 Å². The van der Waals surface area contributed by atoms with E-state index in [0.717, 1.165) is 44.4 Å². The number of anilines is 3. The standard InChI is InChI=1S/C42H27NO/c1-2-10-28(11-3-1)31-14-8-15-33(26-31)43(34-23-25-36-32(27-34)21-20-29-12-4-6-16-35(29)36)40-19-9-18-38-39-24-22-30-13-5-7-17-37(30)41(39)44-42(38)40/h1-27H. The lowest BCUT2D eigenvalue weighted by atomic mass is 10.0. The Morgan fingerprint density at radius 3 is 1.82 bits per heavy atom. The first kappa shape index (κ1) is 24.7. The fraction of sp³-hybridized carbons (Fsp3) is 0. The molecule has 0 atom stereocenters. The summed E-state index contributed by atoms with van der Waals surface area (Å²) in [4.78, 5) is 2.34. The summed E-state index contributed by atoms with van der Waals surface area (Å²) < 4.78 is 6.84. The van der Waals surface area contributed by atoms with Crippen LogP contribution in [0.5, 0.6) is 0 Å². The molecule has 2 heteroatoms. The first-order valence-electron chi connectivity index (χ1n) is 15.0. The van der Waals surface area contributed by atoms with Crippen molar-refractivity contribution in [2.24, 2.45) is 0 Å². The molecule has 2 nitrogen and oxygen atoms in total. The van der Waals surface area contributed by atoms with Crippen LogP contribution in [-0.2, 0) is 0 Å². The van der Waals surface area contributed by atoms with Crippen molar-refractivity contribution in [1.82, 2.24) is 0 Å². The maximum atomic E-state index is 6.84. The normalized spacial score (nSPS) is 11.6. The molecular weight excluding hydrogens is 534 g/mol. The second-order valence-corrected chi connectivity index (χ2v) is 11.4. The molecule has 206 valence electrons. The number of benzene rings is 8. The van der Waals surface area contributed by atoms with E-state index >= 15 is 0 Å². The Labute approximate surface area is 255 Å². The molecule has 0 aliphatic heterocycles. The fourth-order valence-electron chi connectivity index (χ4n) is 6.71. The zero-order valence-electron chi connectivity index (χ0n) is 23.9. The highest BCUT2D eigenvalue weighted by atomic mass is 16.3. The predicted octanol–water partition coefficient (Wildman–Crippen LogP) is 12.2. The molecule has 0 spiro atoms. The van der Waals surface area contributed by atoms with Crippen LogP contribution in [0.4, 0.5) is 17.1 Å². The average Bonchev–Trinajstić information content (AvgIpc) is 3.49. The monoisotopic (exact) mass is 561 g/mol. The number of furan rings is 1. The molecule has 0 aliphatic carbocycles. The van der Waals surface area contributed by atoms with E-state index < -0.39 is 0 Å². The quantitative estimate of drug-likeness (QED) is 0.199. The van der Waals surface area contributed by atoms with Crippen molar-refractivity contribution in [3.63, 3.8) is 0 Å². The number of fused-ring (bicyclic) bond motifs is 8.